The van der Waals surface area contributed by atoms with Gasteiger partial charge in [-0.1, -0.05) is 0 Å². The fourth-order valence-corrected chi connectivity index (χ4v) is 5.74. The van der Waals surface area contributed by atoms with Crippen molar-refractivity contribution in [2.24, 2.45) is 17.8 Å². The lowest BCUT2D eigenvalue weighted by atomic mass is 9.53. The Morgan fingerprint density at radius 2 is 1.81 bits per heavy atom. The second kappa shape index (κ2) is 8.37. The van der Waals surface area contributed by atoms with Crippen LogP contribution in [0.15, 0.2) is 24.3 Å². The zero-order valence-corrected chi connectivity index (χ0v) is 18.5. The first-order valence-electron chi connectivity index (χ1n) is 11.4. The number of aromatic nitrogens is 2. The molecule has 2 aliphatic heterocycles. The molecule has 5 rings (SSSR count). The summed E-state index contributed by atoms with van der Waals surface area (Å²) in [6, 6.07) is 4.99. The maximum absolute atomic E-state index is 14.0. The van der Waals surface area contributed by atoms with Gasteiger partial charge in [-0.25, -0.2) is 13.2 Å². The van der Waals surface area contributed by atoms with Crippen molar-refractivity contribution in [1.82, 2.24) is 15.1 Å². The number of ether oxygens (including phenoxy) is 1. The van der Waals surface area contributed by atoms with Gasteiger partial charge in [-0.05, 0) is 60.6 Å². The molecule has 2 saturated heterocycles. The smallest absolute Gasteiger partial charge is 0.168 e. The number of hydrogen-bond acceptors (Lipinski definition) is 5. The van der Waals surface area contributed by atoms with Crippen molar-refractivity contribution in [3.05, 3.63) is 41.7 Å². The van der Waals surface area contributed by atoms with E-state index in [0.29, 0.717) is 35.7 Å². The molecule has 1 aliphatic carbocycles. The van der Waals surface area contributed by atoms with Gasteiger partial charge in [0.2, 0.25) is 0 Å². The van der Waals surface area contributed by atoms with E-state index < -0.39 is 17.5 Å². The van der Waals surface area contributed by atoms with E-state index in [1.807, 2.05) is 0 Å². The molecule has 0 radical (unpaired) electrons. The molecule has 5 nitrogen and oxygen atoms in total. The van der Waals surface area contributed by atoms with Crippen molar-refractivity contribution in [3.63, 3.8) is 0 Å². The average molecular weight is 442 g/mol. The Morgan fingerprint density at radius 3 is 2.44 bits per heavy atom. The van der Waals surface area contributed by atoms with Crippen molar-refractivity contribution >= 4 is 21.5 Å². The molecule has 1 aromatic heterocycles. The zero-order valence-electron chi connectivity index (χ0n) is 18.5. The minimum absolute atomic E-state index is 0.100. The molecule has 168 valence electrons. The third-order valence-corrected chi connectivity index (χ3v) is 7.78. The van der Waals surface area contributed by atoms with E-state index in [-0.39, 0.29) is 16.6 Å². The van der Waals surface area contributed by atoms with Crippen molar-refractivity contribution in [2.45, 2.75) is 30.6 Å². The molecular weight excluding hydrogens is 415 g/mol. The zero-order chi connectivity index (χ0) is 22.5. The summed E-state index contributed by atoms with van der Waals surface area (Å²) in [7, 11) is 4.71. The summed E-state index contributed by atoms with van der Waals surface area (Å²) < 4.78 is 46.6. The van der Waals surface area contributed by atoms with Gasteiger partial charge in [0.05, 0.1) is 5.69 Å². The largest absolute Gasteiger partial charge is 0.381 e. The van der Waals surface area contributed by atoms with Crippen LogP contribution in [-0.4, -0.2) is 68.5 Å². The van der Waals surface area contributed by atoms with Crippen LogP contribution in [0.2, 0.25) is 0 Å². The van der Waals surface area contributed by atoms with E-state index in [0.717, 1.165) is 51.6 Å². The number of hydrogen-bond donors (Lipinski definition) is 1. The number of fused-ring (bicyclic) bond motifs is 1. The summed E-state index contributed by atoms with van der Waals surface area (Å²) in [5.74, 6) is -0.702. The van der Waals surface area contributed by atoms with Gasteiger partial charge >= 0.3 is 0 Å². The lowest BCUT2D eigenvalue weighted by molar-refractivity contribution is 0.146. The molecule has 1 saturated carbocycles. The second-order valence-electron chi connectivity index (χ2n) is 10.0. The van der Waals surface area contributed by atoms with E-state index in [1.165, 1.54) is 6.07 Å². The molecule has 3 fully saturated rings. The van der Waals surface area contributed by atoms with Crippen LogP contribution in [-0.2, 0) is 4.74 Å². The van der Waals surface area contributed by atoms with Crippen molar-refractivity contribution in [2.75, 3.05) is 31.6 Å². The normalized spacial score (nSPS) is 28.2. The Bertz CT molecular complexity index is 974. The molecule has 1 aromatic carbocycles. The third-order valence-electron chi connectivity index (χ3n) is 7.78. The maximum atomic E-state index is 14.0. The Hall–Kier alpha value is -2.06. The van der Waals surface area contributed by atoms with E-state index in [9.17, 15) is 13.2 Å². The van der Waals surface area contributed by atoms with E-state index in [1.54, 1.807) is 6.07 Å². The predicted octanol–water partition coefficient (Wildman–Crippen LogP) is 1.64. The van der Waals surface area contributed by atoms with Gasteiger partial charge in [0, 0.05) is 44.0 Å². The van der Waals surface area contributed by atoms with E-state index in [2.05, 4.69) is 36.1 Å². The van der Waals surface area contributed by atoms with Gasteiger partial charge in [-0.3, -0.25) is 0 Å². The molecule has 3 heterocycles. The number of nitrogens with one attached hydrogen (secondary N) is 1. The minimum atomic E-state index is -1.24. The highest BCUT2D eigenvalue weighted by molar-refractivity contribution is 6.40. The van der Waals surface area contributed by atoms with Gasteiger partial charge in [0.1, 0.15) is 27.3 Å². The quantitative estimate of drug-likeness (QED) is 0.564. The van der Waals surface area contributed by atoms with Crippen LogP contribution in [0, 0.1) is 35.2 Å². The standard InChI is InChI=1S/C22H27B2F3N4O/c23-22(24,14-3-4-32-11-14)31-9-12-5-16(6-13(12)10-31)28-20-2-1-19(29-30-20)17-7-15(25)8-18(26)21(17)27/h1-2,7-8,12-14,16H,3-6,9-11,23-24H2,(H,28,30)/t12-,13+,14?,16+. The number of anilines is 1. The van der Waals surface area contributed by atoms with E-state index in [4.69, 9.17) is 4.74 Å². The summed E-state index contributed by atoms with van der Waals surface area (Å²) in [6.07, 6.45) is 3.29. The first-order valence-corrected chi connectivity index (χ1v) is 11.4. The van der Waals surface area contributed by atoms with Crippen LogP contribution in [0.3, 0.4) is 0 Å². The topological polar surface area (TPSA) is 50.3 Å². The Kier molecular flexibility index (Phi) is 5.70. The highest BCUT2D eigenvalue weighted by Crippen LogP contribution is 2.42. The molecule has 0 spiro atoms. The summed E-state index contributed by atoms with van der Waals surface area (Å²) in [5, 5.41) is 11.7. The number of benzene rings is 1. The highest BCUT2D eigenvalue weighted by atomic mass is 19.2. The van der Waals surface area contributed by atoms with Crippen molar-refractivity contribution < 1.29 is 17.9 Å². The van der Waals surface area contributed by atoms with Crippen LogP contribution in [0.25, 0.3) is 11.3 Å². The van der Waals surface area contributed by atoms with Crippen LogP contribution in [0.5, 0.6) is 0 Å². The van der Waals surface area contributed by atoms with Gasteiger partial charge in [-0.2, -0.15) is 0 Å². The number of nitrogens with zero attached hydrogens (tertiary/aromatic N) is 3. The van der Waals surface area contributed by atoms with Gasteiger partial charge in [0.25, 0.3) is 0 Å². The van der Waals surface area contributed by atoms with Gasteiger partial charge < -0.3 is 15.0 Å². The third kappa shape index (κ3) is 4.03. The number of halogens is 3. The van der Waals surface area contributed by atoms with Crippen LogP contribution in [0.1, 0.15) is 19.3 Å². The second-order valence-corrected chi connectivity index (χ2v) is 10.0. The molecule has 2 aromatic rings. The Morgan fingerprint density at radius 1 is 1.06 bits per heavy atom. The fraction of sp³-hybridized carbons (Fsp3) is 0.545. The summed E-state index contributed by atoms with van der Waals surface area (Å²) in [4.78, 5) is 2.65. The summed E-state index contributed by atoms with van der Waals surface area (Å²) in [5.41, 5.74) is -0.129. The van der Waals surface area contributed by atoms with E-state index >= 15 is 0 Å². The Labute approximate surface area is 187 Å². The molecule has 4 atom stereocenters. The molecular formula is C22H27B2F3N4O. The first kappa shape index (κ1) is 21.8. The van der Waals surface area contributed by atoms with Gasteiger partial charge in [-0.15, -0.1) is 10.2 Å². The molecule has 1 unspecified atom stereocenters. The predicted molar refractivity (Wildman–Crippen MR) is 121 cm³/mol. The van der Waals surface area contributed by atoms with Crippen LogP contribution < -0.4 is 5.32 Å². The molecule has 32 heavy (non-hydrogen) atoms. The monoisotopic (exact) mass is 442 g/mol. The Balaban J connectivity index is 1.20. The summed E-state index contributed by atoms with van der Waals surface area (Å²) in [6.45, 7) is 3.97. The van der Waals surface area contributed by atoms with Crippen LogP contribution in [0.4, 0.5) is 19.0 Å². The van der Waals surface area contributed by atoms with Crippen LogP contribution >= 0.6 is 0 Å². The minimum Gasteiger partial charge on any atom is -0.381 e. The van der Waals surface area contributed by atoms with Crippen molar-refractivity contribution in [3.8, 4) is 11.3 Å². The first-order chi connectivity index (χ1) is 15.3. The molecule has 0 amide bonds. The lowest BCUT2D eigenvalue weighted by Crippen LogP contribution is -2.55. The fourth-order valence-electron chi connectivity index (χ4n) is 5.74. The van der Waals surface area contributed by atoms with Crippen molar-refractivity contribution in [1.29, 1.82) is 0 Å². The van der Waals surface area contributed by atoms with Gasteiger partial charge in [0.15, 0.2) is 11.6 Å². The highest BCUT2D eigenvalue weighted by Gasteiger charge is 2.47. The molecule has 1 N–H and O–H groups in total. The number of likely N-dealkylation sites (tertiary alicyclic amines) is 1. The molecule has 0 bridgehead atoms. The average Bonchev–Trinajstić information content (AvgIpc) is 3.48. The lowest BCUT2D eigenvalue weighted by Gasteiger charge is -2.41. The maximum Gasteiger partial charge on any atom is 0.168 e. The summed E-state index contributed by atoms with van der Waals surface area (Å²) >= 11 is 0. The molecule has 3 aliphatic rings. The molecule has 10 heteroatoms. The SMILES string of the molecule is BC(B)(C1CCOC1)N1C[C@H]2C[C@H](Nc3ccc(-c4cc(F)cc(F)c4F)nn3)C[C@H]2C1. The number of rotatable bonds is 5.